The van der Waals surface area contributed by atoms with Gasteiger partial charge in [-0.1, -0.05) is 18.6 Å². The number of carbonyl (C=O) groups is 1. The zero-order valence-corrected chi connectivity index (χ0v) is 14.7. The molecule has 0 aromatic carbocycles. The lowest BCUT2D eigenvalue weighted by molar-refractivity contribution is 0.0690. The third kappa shape index (κ3) is 4.32. The lowest BCUT2D eigenvalue weighted by atomic mass is 9.98. The summed E-state index contributed by atoms with van der Waals surface area (Å²) in [6.07, 6.45) is 5.69. The number of rotatable bonds is 6. The molecule has 134 valence electrons. The van der Waals surface area contributed by atoms with Gasteiger partial charge in [-0.15, -0.1) is 5.10 Å². The molecule has 1 fully saturated rings. The van der Waals surface area contributed by atoms with E-state index in [1.54, 1.807) is 4.68 Å². The number of piperidine rings is 1. The largest absolute Gasteiger partial charge is 0.476 e. The Labute approximate surface area is 146 Å². The smallest absolute Gasteiger partial charge is 0.358 e. The molecule has 1 N–H and O–H groups in total. The minimum Gasteiger partial charge on any atom is -0.476 e. The molecule has 3 heterocycles. The van der Waals surface area contributed by atoms with Gasteiger partial charge in [-0.25, -0.2) is 14.8 Å². The minimum atomic E-state index is -1.04. The van der Waals surface area contributed by atoms with Crippen LogP contribution in [0, 0.1) is 12.8 Å². The van der Waals surface area contributed by atoms with E-state index in [1.807, 2.05) is 6.92 Å². The monoisotopic (exact) mass is 344 g/mol. The molecule has 1 atom stereocenters. The first-order chi connectivity index (χ1) is 12.0. The van der Waals surface area contributed by atoms with Crippen LogP contribution in [-0.2, 0) is 13.0 Å². The number of hydrogen-bond donors (Lipinski definition) is 1. The number of aryl methyl sites for hydroxylation is 2. The molecule has 0 bridgehead atoms. The predicted molar refractivity (Wildman–Crippen MR) is 92.7 cm³/mol. The molecule has 0 radical (unpaired) electrons. The molecule has 0 amide bonds. The van der Waals surface area contributed by atoms with Crippen LogP contribution in [-0.4, -0.2) is 49.1 Å². The van der Waals surface area contributed by atoms with Gasteiger partial charge in [0.15, 0.2) is 5.69 Å². The van der Waals surface area contributed by atoms with Gasteiger partial charge < -0.3 is 10.0 Å². The Morgan fingerprint density at radius 2 is 2.24 bits per heavy atom. The summed E-state index contributed by atoms with van der Waals surface area (Å²) in [6, 6.07) is 2.09. The molecule has 25 heavy (non-hydrogen) atoms. The number of carboxylic acid groups (broad SMARTS) is 1. The number of carboxylic acids is 1. The van der Waals surface area contributed by atoms with E-state index in [0.29, 0.717) is 12.5 Å². The van der Waals surface area contributed by atoms with Gasteiger partial charge in [0.1, 0.15) is 11.6 Å². The van der Waals surface area contributed by atoms with Crippen LogP contribution in [0.25, 0.3) is 0 Å². The number of hydrogen-bond acceptors (Lipinski definition) is 6. The van der Waals surface area contributed by atoms with Crippen molar-refractivity contribution in [3.63, 3.8) is 0 Å². The van der Waals surface area contributed by atoms with Gasteiger partial charge in [0.2, 0.25) is 0 Å². The van der Waals surface area contributed by atoms with Crippen molar-refractivity contribution < 1.29 is 9.90 Å². The second-order valence-corrected chi connectivity index (χ2v) is 6.60. The summed E-state index contributed by atoms with van der Waals surface area (Å²) in [4.78, 5) is 22.3. The van der Waals surface area contributed by atoms with Crippen LogP contribution in [0.5, 0.6) is 0 Å². The highest BCUT2D eigenvalue weighted by Crippen LogP contribution is 2.23. The van der Waals surface area contributed by atoms with Crippen molar-refractivity contribution in [2.75, 3.05) is 18.0 Å². The fraction of sp³-hybridized carbons (Fsp3) is 0.588. The molecule has 3 rings (SSSR count). The molecule has 8 nitrogen and oxygen atoms in total. The quantitative estimate of drug-likeness (QED) is 0.855. The van der Waals surface area contributed by atoms with Crippen molar-refractivity contribution in [2.45, 2.75) is 46.1 Å². The first-order valence-corrected chi connectivity index (χ1v) is 8.78. The van der Waals surface area contributed by atoms with Crippen LogP contribution in [0.1, 0.15) is 48.2 Å². The standard InChI is InChI=1S/C17H24N6O2/c1-3-5-14-8-16(19-12(2)18-14)22-7-4-6-13(9-22)10-23-11-15(17(24)25)20-21-23/h8,11,13H,3-7,9-10H2,1-2H3,(H,24,25)/t13-/m0/s1. The van der Waals surface area contributed by atoms with E-state index in [4.69, 9.17) is 5.11 Å². The topological polar surface area (TPSA) is 97.0 Å². The van der Waals surface area contributed by atoms with E-state index in [9.17, 15) is 4.79 Å². The molecule has 0 aliphatic carbocycles. The summed E-state index contributed by atoms with van der Waals surface area (Å²) in [7, 11) is 0. The maximum atomic E-state index is 10.9. The SMILES string of the molecule is CCCc1cc(N2CCC[C@H](Cn3cc(C(=O)O)nn3)C2)nc(C)n1. The molecule has 1 saturated heterocycles. The van der Waals surface area contributed by atoms with Gasteiger partial charge in [0, 0.05) is 31.4 Å². The van der Waals surface area contributed by atoms with Crippen LogP contribution in [0.3, 0.4) is 0 Å². The van der Waals surface area contributed by atoms with E-state index in [-0.39, 0.29) is 5.69 Å². The number of nitrogens with zero attached hydrogens (tertiary/aromatic N) is 6. The van der Waals surface area contributed by atoms with Crippen LogP contribution < -0.4 is 4.90 Å². The highest BCUT2D eigenvalue weighted by Gasteiger charge is 2.23. The summed E-state index contributed by atoms with van der Waals surface area (Å²) < 4.78 is 1.63. The highest BCUT2D eigenvalue weighted by atomic mass is 16.4. The second kappa shape index (κ2) is 7.58. The van der Waals surface area contributed by atoms with Crippen LogP contribution >= 0.6 is 0 Å². The Morgan fingerprint density at radius 3 is 2.96 bits per heavy atom. The Hall–Kier alpha value is -2.51. The first kappa shape index (κ1) is 17.3. The zero-order chi connectivity index (χ0) is 17.8. The summed E-state index contributed by atoms with van der Waals surface area (Å²) in [5, 5.41) is 16.6. The summed E-state index contributed by atoms with van der Waals surface area (Å²) in [6.45, 7) is 6.62. The zero-order valence-electron chi connectivity index (χ0n) is 14.7. The second-order valence-electron chi connectivity index (χ2n) is 6.60. The van der Waals surface area contributed by atoms with Gasteiger partial charge in [0.25, 0.3) is 0 Å². The Kier molecular flexibility index (Phi) is 5.25. The van der Waals surface area contributed by atoms with Crippen molar-refractivity contribution in [3.05, 3.63) is 29.5 Å². The molecule has 2 aromatic heterocycles. The fourth-order valence-electron chi connectivity index (χ4n) is 3.33. The van der Waals surface area contributed by atoms with Crippen LogP contribution in [0.15, 0.2) is 12.3 Å². The van der Waals surface area contributed by atoms with Gasteiger partial charge in [-0.3, -0.25) is 4.68 Å². The molecule has 8 heteroatoms. The average Bonchev–Trinajstić information content (AvgIpc) is 3.04. The Bertz CT molecular complexity index is 744. The number of aromatic nitrogens is 5. The molecule has 1 aliphatic heterocycles. The summed E-state index contributed by atoms with van der Waals surface area (Å²) in [5.41, 5.74) is 1.08. The van der Waals surface area contributed by atoms with Crippen molar-refractivity contribution in [2.24, 2.45) is 5.92 Å². The summed E-state index contributed by atoms with van der Waals surface area (Å²) >= 11 is 0. The molecule has 1 aliphatic rings. The molecular formula is C17H24N6O2. The van der Waals surface area contributed by atoms with Crippen molar-refractivity contribution in [1.82, 2.24) is 25.0 Å². The molecule has 0 spiro atoms. The van der Waals surface area contributed by atoms with Gasteiger partial charge in [0.05, 0.1) is 6.20 Å². The lowest BCUT2D eigenvalue weighted by Gasteiger charge is -2.33. The fourth-order valence-corrected chi connectivity index (χ4v) is 3.33. The molecule has 0 unspecified atom stereocenters. The van der Waals surface area contributed by atoms with E-state index in [2.05, 4.69) is 38.2 Å². The average molecular weight is 344 g/mol. The van der Waals surface area contributed by atoms with Crippen molar-refractivity contribution in [3.8, 4) is 0 Å². The lowest BCUT2D eigenvalue weighted by Crippen LogP contribution is -2.38. The van der Waals surface area contributed by atoms with Gasteiger partial charge in [-0.2, -0.15) is 0 Å². The molecule has 0 saturated carbocycles. The van der Waals surface area contributed by atoms with Crippen LogP contribution in [0.2, 0.25) is 0 Å². The number of anilines is 1. The summed E-state index contributed by atoms with van der Waals surface area (Å²) in [5.74, 6) is 1.15. The van der Waals surface area contributed by atoms with E-state index in [0.717, 1.165) is 56.1 Å². The van der Waals surface area contributed by atoms with E-state index >= 15 is 0 Å². The van der Waals surface area contributed by atoms with Crippen LogP contribution in [0.4, 0.5) is 5.82 Å². The molecule has 2 aromatic rings. The van der Waals surface area contributed by atoms with Crippen molar-refractivity contribution >= 4 is 11.8 Å². The predicted octanol–water partition coefficient (Wildman–Crippen LogP) is 1.94. The van der Waals surface area contributed by atoms with Gasteiger partial charge >= 0.3 is 5.97 Å². The molecular weight excluding hydrogens is 320 g/mol. The third-order valence-corrected chi connectivity index (χ3v) is 4.43. The highest BCUT2D eigenvalue weighted by molar-refractivity contribution is 5.84. The number of aromatic carboxylic acids is 1. The van der Waals surface area contributed by atoms with Gasteiger partial charge in [-0.05, 0) is 32.1 Å². The first-order valence-electron chi connectivity index (χ1n) is 8.78. The normalized spacial score (nSPS) is 17.7. The van der Waals surface area contributed by atoms with E-state index < -0.39 is 5.97 Å². The Morgan fingerprint density at radius 1 is 1.40 bits per heavy atom. The maximum Gasteiger partial charge on any atom is 0.358 e. The van der Waals surface area contributed by atoms with Crippen molar-refractivity contribution in [1.29, 1.82) is 0 Å². The third-order valence-electron chi connectivity index (χ3n) is 4.43. The minimum absolute atomic E-state index is 0.0108. The van der Waals surface area contributed by atoms with E-state index in [1.165, 1.54) is 6.20 Å². The maximum absolute atomic E-state index is 10.9. The Balaban J connectivity index is 1.69.